The van der Waals surface area contributed by atoms with Crippen LogP contribution >= 0.6 is 0 Å². The van der Waals surface area contributed by atoms with Crippen molar-refractivity contribution < 1.29 is 18.7 Å². The summed E-state index contributed by atoms with van der Waals surface area (Å²) >= 11 is 0. The fraction of sp³-hybridized carbons (Fsp3) is 0.130. The van der Waals surface area contributed by atoms with Gasteiger partial charge in [-0.2, -0.15) is 0 Å². The largest absolute Gasteiger partial charge is 0.457 e. The predicted octanol–water partition coefficient (Wildman–Crippen LogP) is 4.45. The van der Waals surface area contributed by atoms with Crippen LogP contribution in [-0.4, -0.2) is 23.8 Å². The molecule has 0 heterocycles. The second kappa shape index (κ2) is 8.95. The van der Waals surface area contributed by atoms with Crippen LogP contribution in [0.5, 0.6) is 0 Å². The Bertz CT molecular complexity index is 972. The van der Waals surface area contributed by atoms with Crippen LogP contribution in [0.25, 0.3) is 0 Å². The molecule has 4 nitrogen and oxygen atoms in total. The average molecular weight is 377 g/mol. The maximum absolute atomic E-state index is 13.7. The van der Waals surface area contributed by atoms with Crippen molar-refractivity contribution in [2.75, 3.05) is 7.05 Å². The molecular formula is C23H20FNO3. The topological polar surface area (TPSA) is 46.6 Å². The maximum Gasteiger partial charge on any atom is 0.339 e. The molecule has 0 aliphatic rings. The molecule has 0 bridgehead atoms. The molecule has 3 aromatic rings. The summed E-state index contributed by atoms with van der Waals surface area (Å²) in [5.41, 5.74) is 1.67. The van der Waals surface area contributed by atoms with Crippen LogP contribution in [0.15, 0.2) is 78.9 Å². The number of rotatable bonds is 6. The van der Waals surface area contributed by atoms with E-state index in [1.165, 1.54) is 17.0 Å². The number of halogens is 1. The van der Waals surface area contributed by atoms with Crippen molar-refractivity contribution in [2.45, 2.75) is 13.2 Å². The zero-order valence-electron chi connectivity index (χ0n) is 15.5. The minimum Gasteiger partial charge on any atom is -0.457 e. The molecule has 0 aliphatic heterocycles. The maximum atomic E-state index is 13.7. The van der Waals surface area contributed by atoms with Gasteiger partial charge < -0.3 is 9.64 Å². The van der Waals surface area contributed by atoms with Gasteiger partial charge in [-0.3, -0.25) is 4.79 Å². The van der Waals surface area contributed by atoms with Gasteiger partial charge in [0.15, 0.2) is 0 Å². The number of esters is 1. The SMILES string of the molecule is CN(Cc1ccccc1)C(=O)c1ccccc1C(=O)OCc1ccccc1F. The fourth-order valence-corrected chi connectivity index (χ4v) is 2.82. The van der Waals surface area contributed by atoms with Crippen molar-refractivity contribution in [2.24, 2.45) is 0 Å². The van der Waals surface area contributed by atoms with E-state index in [0.29, 0.717) is 6.54 Å². The molecule has 0 radical (unpaired) electrons. The number of carbonyl (C=O) groups excluding carboxylic acids is 2. The number of benzene rings is 3. The lowest BCUT2D eigenvalue weighted by Gasteiger charge is -2.19. The third kappa shape index (κ3) is 4.62. The van der Waals surface area contributed by atoms with E-state index in [-0.39, 0.29) is 29.2 Å². The van der Waals surface area contributed by atoms with Crippen molar-refractivity contribution in [1.82, 2.24) is 4.90 Å². The number of carbonyl (C=O) groups is 2. The summed E-state index contributed by atoms with van der Waals surface area (Å²) in [5, 5.41) is 0. The third-order valence-electron chi connectivity index (χ3n) is 4.30. The fourth-order valence-electron chi connectivity index (χ4n) is 2.82. The first-order valence-electron chi connectivity index (χ1n) is 8.85. The van der Waals surface area contributed by atoms with Crippen molar-refractivity contribution in [3.8, 4) is 0 Å². The predicted molar refractivity (Wildman–Crippen MR) is 104 cm³/mol. The summed E-state index contributed by atoms with van der Waals surface area (Å²) in [4.78, 5) is 26.9. The Morgan fingerprint density at radius 2 is 1.46 bits per heavy atom. The molecule has 1 amide bonds. The molecule has 0 N–H and O–H groups in total. The Balaban J connectivity index is 1.73. The standard InChI is InChI=1S/C23H20FNO3/c1-25(15-17-9-3-2-4-10-17)22(26)19-12-6-7-13-20(19)23(27)28-16-18-11-5-8-14-21(18)24/h2-14H,15-16H2,1H3. The Morgan fingerprint density at radius 1 is 0.857 bits per heavy atom. The zero-order valence-corrected chi connectivity index (χ0v) is 15.5. The number of amides is 1. The van der Waals surface area contributed by atoms with E-state index in [9.17, 15) is 14.0 Å². The summed E-state index contributed by atoms with van der Waals surface area (Å²) in [6.45, 7) is 0.214. The van der Waals surface area contributed by atoms with Crippen LogP contribution in [-0.2, 0) is 17.9 Å². The first-order valence-corrected chi connectivity index (χ1v) is 8.85. The van der Waals surface area contributed by atoms with Gasteiger partial charge in [0.2, 0.25) is 0 Å². The quantitative estimate of drug-likeness (QED) is 0.596. The number of hydrogen-bond donors (Lipinski definition) is 0. The van der Waals surface area contributed by atoms with E-state index >= 15 is 0 Å². The number of ether oxygens (including phenoxy) is 1. The van der Waals surface area contributed by atoms with Crippen LogP contribution in [0.2, 0.25) is 0 Å². The highest BCUT2D eigenvalue weighted by atomic mass is 19.1. The minimum atomic E-state index is -0.666. The molecule has 0 atom stereocenters. The molecule has 0 aromatic heterocycles. The summed E-state index contributed by atoms with van der Waals surface area (Å²) in [6.07, 6.45) is 0. The summed E-state index contributed by atoms with van der Waals surface area (Å²) in [7, 11) is 1.68. The van der Waals surface area contributed by atoms with Gasteiger partial charge in [-0.15, -0.1) is 0 Å². The van der Waals surface area contributed by atoms with Crippen molar-refractivity contribution in [3.63, 3.8) is 0 Å². The van der Waals surface area contributed by atoms with Gasteiger partial charge in [-0.25, -0.2) is 9.18 Å². The van der Waals surface area contributed by atoms with Gasteiger partial charge >= 0.3 is 5.97 Å². The number of hydrogen-bond acceptors (Lipinski definition) is 3. The highest BCUT2D eigenvalue weighted by Gasteiger charge is 2.21. The van der Waals surface area contributed by atoms with Gasteiger partial charge in [-0.1, -0.05) is 60.7 Å². The van der Waals surface area contributed by atoms with Gasteiger partial charge in [0, 0.05) is 19.2 Å². The van der Waals surface area contributed by atoms with Crippen LogP contribution < -0.4 is 0 Å². The molecule has 0 aliphatic carbocycles. The first kappa shape index (κ1) is 19.3. The molecule has 3 rings (SSSR count). The van der Waals surface area contributed by atoms with E-state index in [2.05, 4.69) is 0 Å². The van der Waals surface area contributed by atoms with Crippen molar-refractivity contribution in [3.05, 3.63) is 107 Å². The lowest BCUT2D eigenvalue weighted by Crippen LogP contribution is -2.28. The molecule has 5 heteroatoms. The molecule has 0 saturated carbocycles. The average Bonchev–Trinajstić information content (AvgIpc) is 2.73. The molecule has 3 aromatic carbocycles. The molecule has 142 valence electrons. The molecule has 0 saturated heterocycles. The Hall–Kier alpha value is -3.47. The van der Waals surface area contributed by atoms with E-state index in [1.54, 1.807) is 43.4 Å². The second-order valence-electron chi connectivity index (χ2n) is 6.36. The highest BCUT2D eigenvalue weighted by molar-refractivity contribution is 6.05. The summed E-state index contributed by atoms with van der Waals surface area (Å²) in [5.74, 6) is -1.40. The van der Waals surface area contributed by atoms with Crippen LogP contribution in [0.4, 0.5) is 4.39 Å². The van der Waals surface area contributed by atoms with Crippen LogP contribution in [0.3, 0.4) is 0 Å². The molecule has 28 heavy (non-hydrogen) atoms. The Kier molecular flexibility index (Phi) is 6.17. The van der Waals surface area contributed by atoms with Crippen LogP contribution in [0, 0.1) is 5.82 Å². The number of nitrogens with zero attached hydrogens (tertiary/aromatic N) is 1. The monoisotopic (exact) mass is 377 g/mol. The van der Waals surface area contributed by atoms with E-state index in [1.807, 2.05) is 30.3 Å². The zero-order chi connectivity index (χ0) is 19.9. The summed E-state index contributed by atoms with van der Waals surface area (Å²) < 4.78 is 18.9. The molecular weight excluding hydrogens is 357 g/mol. The van der Waals surface area contributed by atoms with Crippen molar-refractivity contribution >= 4 is 11.9 Å². The van der Waals surface area contributed by atoms with E-state index in [4.69, 9.17) is 4.74 Å². The van der Waals surface area contributed by atoms with Crippen molar-refractivity contribution in [1.29, 1.82) is 0 Å². The van der Waals surface area contributed by atoms with E-state index < -0.39 is 11.8 Å². The lowest BCUT2D eigenvalue weighted by atomic mass is 10.1. The van der Waals surface area contributed by atoms with E-state index in [0.717, 1.165) is 5.56 Å². The smallest absolute Gasteiger partial charge is 0.339 e. The van der Waals surface area contributed by atoms with Gasteiger partial charge in [0.1, 0.15) is 12.4 Å². The minimum absolute atomic E-state index is 0.156. The normalized spacial score (nSPS) is 10.4. The van der Waals surface area contributed by atoms with Gasteiger partial charge in [-0.05, 0) is 23.8 Å². The molecule has 0 fully saturated rings. The Morgan fingerprint density at radius 3 is 2.18 bits per heavy atom. The third-order valence-corrected chi connectivity index (χ3v) is 4.30. The Labute approximate surface area is 163 Å². The second-order valence-corrected chi connectivity index (χ2v) is 6.36. The first-order chi connectivity index (χ1) is 13.6. The molecule has 0 unspecified atom stereocenters. The van der Waals surface area contributed by atoms with Gasteiger partial charge in [0.25, 0.3) is 5.91 Å². The van der Waals surface area contributed by atoms with Gasteiger partial charge in [0.05, 0.1) is 11.1 Å². The lowest BCUT2D eigenvalue weighted by molar-refractivity contribution is 0.0463. The molecule has 0 spiro atoms. The van der Waals surface area contributed by atoms with Crippen LogP contribution in [0.1, 0.15) is 31.8 Å². The highest BCUT2D eigenvalue weighted by Crippen LogP contribution is 2.16. The summed E-state index contributed by atoms with van der Waals surface area (Å²) in [6, 6.07) is 22.1.